The van der Waals surface area contributed by atoms with E-state index in [1.165, 1.54) is 12.3 Å². The molecule has 2 aromatic rings. The van der Waals surface area contributed by atoms with Crippen LogP contribution >= 0.6 is 0 Å². The molecule has 0 bridgehead atoms. The molecule has 0 radical (unpaired) electrons. The van der Waals surface area contributed by atoms with Gasteiger partial charge in [0, 0.05) is 31.8 Å². The number of likely N-dealkylation sites (tertiary alicyclic amines) is 1. The van der Waals surface area contributed by atoms with Crippen molar-refractivity contribution >= 4 is 11.9 Å². The van der Waals surface area contributed by atoms with Crippen LogP contribution in [0.2, 0.25) is 0 Å². The maximum atomic E-state index is 13.6. The number of carboxylic acid groups (broad SMARTS) is 1. The van der Waals surface area contributed by atoms with Gasteiger partial charge in [0.1, 0.15) is 5.82 Å². The van der Waals surface area contributed by atoms with Crippen LogP contribution in [0.4, 0.5) is 4.39 Å². The lowest BCUT2D eigenvalue weighted by atomic mass is 9.93. The van der Waals surface area contributed by atoms with Crippen LogP contribution in [0.25, 0.3) is 11.3 Å². The average Bonchev–Trinajstić information content (AvgIpc) is 2.62. The van der Waals surface area contributed by atoms with Crippen molar-refractivity contribution in [3.63, 3.8) is 0 Å². The number of hydrogen-bond acceptors (Lipinski definition) is 4. The van der Waals surface area contributed by atoms with Gasteiger partial charge in [-0.3, -0.25) is 9.78 Å². The smallest absolute Gasteiger partial charge is 0.336 e. The van der Waals surface area contributed by atoms with E-state index in [-0.39, 0.29) is 23.0 Å². The minimum Gasteiger partial charge on any atom is -0.478 e. The number of aromatic carboxylic acids is 1. The Hall–Kier alpha value is -2.83. The summed E-state index contributed by atoms with van der Waals surface area (Å²) in [5.41, 5.74) is 1.23. The van der Waals surface area contributed by atoms with Gasteiger partial charge in [-0.2, -0.15) is 0 Å². The van der Waals surface area contributed by atoms with E-state index in [2.05, 4.69) is 9.97 Å². The molecule has 3 rings (SSSR count). The highest BCUT2D eigenvalue weighted by Crippen LogP contribution is 2.25. The number of benzene rings is 1. The standard InChI is InChI=1S/C19H20FN3O3/c1-12(24)23-6-2-3-13(11-23)7-15-9-21-10-18(22-15)17-8-14(20)4-5-16(17)19(25)26/h4-5,8-10,13H,2-3,6-7,11H2,1H3,(H,25,26)/t13-/m1/s1. The monoisotopic (exact) mass is 357 g/mol. The first kappa shape index (κ1) is 18.0. The summed E-state index contributed by atoms with van der Waals surface area (Å²) < 4.78 is 13.6. The third-order valence-corrected chi connectivity index (χ3v) is 4.63. The van der Waals surface area contributed by atoms with E-state index in [9.17, 15) is 19.1 Å². The summed E-state index contributed by atoms with van der Waals surface area (Å²) in [5, 5.41) is 9.32. The van der Waals surface area contributed by atoms with E-state index in [1.807, 2.05) is 4.90 Å². The van der Waals surface area contributed by atoms with E-state index in [0.717, 1.165) is 31.5 Å². The number of piperidine rings is 1. The van der Waals surface area contributed by atoms with Gasteiger partial charge in [-0.25, -0.2) is 14.2 Å². The number of rotatable bonds is 4. The average molecular weight is 357 g/mol. The molecule has 136 valence electrons. The zero-order valence-electron chi connectivity index (χ0n) is 14.5. The molecule has 1 aliphatic heterocycles. The predicted molar refractivity (Wildman–Crippen MR) is 93.1 cm³/mol. The van der Waals surface area contributed by atoms with Crippen molar-refractivity contribution in [3.05, 3.63) is 47.7 Å². The molecule has 0 saturated carbocycles. The molecule has 1 aromatic carbocycles. The summed E-state index contributed by atoms with van der Waals surface area (Å²) in [6.07, 6.45) is 5.66. The first-order valence-electron chi connectivity index (χ1n) is 8.53. The minimum atomic E-state index is -1.14. The quantitative estimate of drug-likeness (QED) is 0.910. The SMILES string of the molecule is CC(=O)N1CCC[C@H](Cc2cncc(-c3cc(F)ccc3C(=O)O)n2)C1. The summed E-state index contributed by atoms with van der Waals surface area (Å²) in [7, 11) is 0. The van der Waals surface area contributed by atoms with Gasteiger partial charge >= 0.3 is 5.97 Å². The fourth-order valence-electron chi connectivity index (χ4n) is 3.36. The Morgan fingerprint density at radius 1 is 1.35 bits per heavy atom. The van der Waals surface area contributed by atoms with Crippen LogP contribution in [0.1, 0.15) is 35.8 Å². The molecular formula is C19H20FN3O3. The molecule has 1 amide bonds. The number of hydrogen-bond donors (Lipinski definition) is 1. The van der Waals surface area contributed by atoms with Crippen molar-refractivity contribution < 1.29 is 19.1 Å². The van der Waals surface area contributed by atoms with Crippen LogP contribution < -0.4 is 0 Å². The summed E-state index contributed by atoms with van der Waals surface area (Å²) in [6.45, 7) is 3.03. The lowest BCUT2D eigenvalue weighted by Crippen LogP contribution is -2.39. The van der Waals surface area contributed by atoms with E-state index in [1.54, 1.807) is 13.1 Å². The molecule has 1 aliphatic rings. The van der Waals surface area contributed by atoms with E-state index < -0.39 is 11.8 Å². The Balaban J connectivity index is 1.84. The second-order valence-electron chi connectivity index (χ2n) is 6.57. The lowest BCUT2D eigenvalue weighted by molar-refractivity contribution is -0.130. The number of nitrogens with zero attached hydrogens (tertiary/aromatic N) is 3. The number of aromatic nitrogens is 2. The Kier molecular flexibility index (Phi) is 5.25. The molecule has 1 atom stereocenters. The number of carbonyl (C=O) groups excluding carboxylic acids is 1. The lowest BCUT2D eigenvalue weighted by Gasteiger charge is -2.31. The van der Waals surface area contributed by atoms with E-state index in [4.69, 9.17) is 0 Å². The van der Waals surface area contributed by atoms with Gasteiger partial charge < -0.3 is 10.0 Å². The molecule has 0 aliphatic carbocycles. The van der Waals surface area contributed by atoms with Crippen molar-refractivity contribution in [2.75, 3.05) is 13.1 Å². The molecule has 2 heterocycles. The van der Waals surface area contributed by atoms with Gasteiger partial charge in [0.05, 0.1) is 23.1 Å². The Bertz CT molecular complexity index is 841. The van der Waals surface area contributed by atoms with Crippen molar-refractivity contribution in [3.8, 4) is 11.3 Å². The molecular weight excluding hydrogens is 337 g/mol. The van der Waals surface area contributed by atoms with Crippen LogP contribution in [0, 0.1) is 11.7 Å². The molecule has 1 saturated heterocycles. The Morgan fingerprint density at radius 3 is 2.88 bits per heavy atom. The first-order valence-corrected chi connectivity index (χ1v) is 8.53. The summed E-state index contributed by atoms with van der Waals surface area (Å²) >= 11 is 0. The van der Waals surface area contributed by atoms with Gasteiger partial charge in [-0.15, -0.1) is 0 Å². The first-order chi connectivity index (χ1) is 12.4. The zero-order chi connectivity index (χ0) is 18.7. The molecule has 1 aromatic heterocycles. The number of carbonyl (C=O) groups is 2. The van der Waals surface area contributed by atoms with Crippen LogP contribution in [0.15, 0.2) is 30.6 Å². The molecule has 7 heteroatoms. The third-order valence-electron chi connectivity index (χ3n) is 4.63. The van der Waals surface area contributed by atoms with Crippen LogP contribution in [0.5, 0.6) is 0 Å². The third kappa shape index (κ3) is 4.04. The molecule has 1 fully saturated rings. The maximum Gasteiger partial charge on any atom is 0.336 e. The van der Waals surface area contributed by atoms with Crippen molar-refractivity contribution in [2.45, 2.75) is 26.2 Å². The molecule has 0 unspecified atom stereocenters. The fraction of sp³-hybridized carbons (Fsp3) is 0.368. The van der Waals surface area contributed by atoms with Crippen LogP contribution in [-0.2, 0) is 11.2 Å². The van der Waals surface area contributed by atoms with Crippen LogP contribution in [0.3, 0.4) is 0 Å². The van der Waals surface area contributed by atoms with Gasteiger partial charge in [-0.1, -0.05) is 0 Å². The number of carboxylic acids is 1. The largest absolute Gasteiger partial charge is 0.478 e. The highest BCUT2D eigenvalue weighted by Gasteiger charge is 2.22. The van der Waals surface area contributed by atoms with Gasteiger partial charge in [-0.05, 0) is 43.4 Å². The van der Waals surface area contributed by atoms with Crippen molar-refractivity contribution in [1.82, 2.24) is 14.9 Å². The number of halogens is 1. The predicted octanol–water partition coefficient (Wildman–Crippen LogP) is 2.78. The minimum absolute atomic E-state index is 0.0155. The molecule has 0 spiro atoms. The highest BCUT2D eigenvalue weighted by atomic mass is 19.1. The van der Waals surface area contributed by atoms with Gasteiger partial charge in [0.2, 0.25) is 5.91 Å². The molecule has 26 heavy (non-hydrogen) atoms. The Morgan fingerprint density at radius 2 is 2.15 bits per heavy atom. The van der Waals surface area contributed by atoms with Gasteiger partial charge in [0.25, 0.3) is 0 Å². The molecule has 1 N–H and O–H groups in total. The summed E-state index contributed by atoms with van der Waals surface area (Å²) in [4.78, 5) is 33.5. The van der Waals surface area contributed by atoms with Gasteiger partial charge in [0.15, 0.2) is 0 Å². The second kappa shape index (κ2) is 7.59. The zero-order valence-corrected chi connectivity index (χ0v) is 14.5. The van der Waals surface area contributed by atoms with Crippen LogP contribution in [-0.4, -0.2) is 44.9 Å². The fourth-order valence-corrected chi connectivity index (χ4v) is 3.36. The topological polar surface area (TPSA) is 83.4 Å². The number of amides is 1. The van der Waals surface area contributed by atoms with E-state index in [0.29, 0.717) is 24.4 Å². The summed E-state index contributed by atoms with van der Waals surface area (Å²) in [6, 6.07) is 3.51. The van der Waals surface area contributed by atoms with Crippen molar-refractivity contribution in [1.29, 1.82) is 0 Å². The second-order valence-corrected chi connectivity index (χ2v) is 6.57. The maximum absolute atomic E-state index is 13.6. The Labute approximate surface area is 150 Å². The normalized spacial score (nSPS) is 17.2. The summed E-state index contributed by atoms with van der Waals surface area (Å²) in [5.74, 6) is -1.32. The van der Waals surface area contributed by atoms with Crippen molar-refractivity contribution in [2.24, 2.45) is 5.92 Å². The van der Waals surface area contributed by atoms with E-state index >= 15 is 0 Å². The molecule has 6 nitrogen and oxygen atoms in total. The highest BCUT2D eigenvalue weighted by molar-refractivity contribution is 5.95.